The Hall–Kier alpha value is -3.10. The lowest BCUT2D eigenvalue weighted by atomic mass is 10.1. The van der Waals surface area contributed by atoms with Gasteiger partial charge in [0.25, 0.3) is 5.56 Å². The van der Waals surface area contributed by atoms with Gasteiger partial charge in [-0.25, -0.2) is 9.78 Å². The van der Waals surface area contributed by atoms with Crippen molar-refractivity contribution < 1.29 is 9.53 Å². The molecule has 0 bridgehead atoms. The van der Waals surface area contributed by atoms with Gasteiger partial charge in [0.2, 0.25) is 0 Å². The summed E-state index contributed by atoms with van der Waals surface area (Å²) in [5, 5.41) is 8.67. The Morgan fingerprint density at radius 3 is 2.85 bits per heavy atom. The summed E-state index contributed by atoms with van der Waals surface area (Å²) in [6.07, 6.45) is 2.84. The molecule has 4 rings (SSSR count). The first-order valence-electron chi connectivity index (χ1n) is 7.93. The largest absolute Gasteiger partial charge is 0.465 e. The molecule has 0 aliphatic heterocycles. The number of esters is 1. The summed E-state index contributed by atoms with van der Waals surface area (Å²) >= 11 is 3.00. The molecule has 6 nitrogen and oxygen atoms in total. The number of hydrogen-bond donors (Lipinski definition) is 0. The molecule has 0 aliphatic carbocycles. The third-order valence-electron chi connectivity index (χ3n) is 3.95. The number of benzene rings is 1. The second-order valence-electron chi connectivity index (χ2n) is 5.52. The van der Waals surface area contributed by atoms with Crippen molar-refractivity contribution in [2.24, 2.45) is 5.10 Å². The quantitative estimate of drug-likeness (QED) is 0.389. The van der Waals surface area contributed by atoms with Crippen LogP contribution in [0.2, 0.25) is 0 Å². The van der Waals surface area contributed by atoms with Crippen LogP contribution in [-0.2, 0) is 4.74 Å². The van der Waals surface area contributed by atoms with E-state index < -0.39 is 5.97 Å². The lowest BCUT2D eigenvalue weighted by Gasteiger charge is -2.03. The number of thiophene rings is 2. The monoisotopic (exact) mass is 395 g/mol. The summed E-state index contributed by atoms with van der Waals surface area (Å²) in [7, 11) is 1.32. The molecule has 0 radical (unpaired) electrons. The van der Waals surface area contributed by atoms with Crippen molar-refractivity contribution in [1.29, 1.82) is 0 Å². The van der Waals surface area contributed by atoms with Crippen molar-refractivity contribution in [2.75, 3.05) is 7.11 Å². The predicted octanol–water partition coefficient (Wildman–Crippen LogP) is 3.86. The number of nitrogens with zero attached hydrogens (tertiary/aromatic N) is 3. The number of carbonyl (C=O) groups is 1. The van der Waals surface area contributed by atoms with E-state index in [4.69, 9.17) is 4.74 Å². The Balaban J connectivity index is 1.79. The highest BCUT2D eigenvalue weighted by molar-refractivity contribution is 7.18. The van der Waals surface area contributed by atoms with Crippen molar-refractivity contribution in [1.82, 2.24) is 9.66 Å². The fraction of sp³-hybridized carbons (Fsp3) is 0.0526. The molecule has 134 valence electrons. The van der Waals surface area contributed by atoms with Crippen LogP contribution in [0.3, 0.4) is 0 Å². The van der Waals surface area contributed by atoms with E-state index in [0.717, 1.165) is 10.4 Å². The standard InChI is InChI=1S/C19H13N3O3S2/c1-25-19(24)13-6-3-2-5-12(13)9-21-22-11-20-17-16(18(22)23)14(10-27-17)15-7-4-8-26-15/h2-11H,1H3/b21-9-. The van der Waals surface area contributed by atoms with Gasteiger partial charge in [0.15, 0.2) is 0 Å². The number of fused-ring (bicyclic) bond motifs is 1. The van der Waals surface area contributed by atoms with Crippen LogP contribution in [0, 0.1) is 0 Å². The van der Waals surface area contributed by atoms with Gasteiger partial charge in [-0.15, -0.1) is 22.7 Å². The first-order chi connectivity index (χ1) is 13.2. The van der Waals surface area contributed by atoms with Crippen LogP contribution in [0.25, 0.3) is 20.7 Å². The summed E-state index contributed by atoms with van der Waals surface area (Å²) in [6, 6.07) is 10.8. The van der Waals surface area contributed by atoms with Crippen LogP contribution in [0.4, 0.5) is 0 Å². The minimum atomic E-state index is -0.462. The van der Waals surface area contributed by atoms with Gasteiger partial charge < -0.3 is 4.74 Å². The first-order valence-corrected chi connectivity index (χ1v) is 9.69. The number of aromatic nitrogens is 2. The van der Waals surface area contributed by atoms with E-state index in [9.17, 15) is 9.59 Å². The molecule has 0 N–H and O–H groups in total. The van der Waals surface area contributed by atoms with E-state index in [1.54, 1.807) is 35.6 Å². The van der Waals surface area contributed by atoms with Gasteiger partial charge in [-0.2, -0.15) is 9.78 Å². The van der Waals surface area contributed by atoms with Crippen molar-refractivity contribution in [3.63, 3.8) is 0 Å². The van der Waals surface area contributed by atoms with Crippen molar-refractivity contribution in [2.45, 2.75) is 0 Å². The first kappa shape index (κ1) is 17.3. The number of ether oxygens (including phenoxy) is 1. The van der Waals surface area contributed by atoms with Crippen LogP contribution in [0.5, 0.6) is 0 Å². The number of rotatable bonds is 4. The number of hydrogen-bond acceptors (Lipinski definition) is 7. The molecule has 0 unspecified atom stereocenters. The van der Waals surface area contributed by atoms with Crippen molar-refractivity contribution >= 4 is 45.1 Å². The fourth-order valence-electron chi connectivity index (χ4n) is 2.65. The molecule has 0 amide bonds. The molecule has 4 aromatic rings. The molecule has 0 saturated carbocycles. The average molecular weight is 395 g/mol. The molecular formula is C19H13N3O3S2. The predicted molar refractivity (Wildman–Crippen MR) is 108 cm³/mol. The topological polar surface area (TPSA) is 73.5 Å². The molecule has 1 aromatic carbocycles. The zero-order chi connectivity index (χ0) is 18.8. The lowest BCUT2D eigenvalue weighted by molar-refractivity contribution is 0.0600. The highest BCUT2D eigenvalue weighted by Crippen LogP contribution is 2.33. The summed E-state index contributed by atoms with van der Waals surface area (Å²) in [6.45, 7) is 0. The van der Waals surface area contributed by atoms with Crippen molar-refractivity contribution in [3.05, 3.63) is 75.0 Å². The van der Waals surface area contributed by atoms with Crippen molar-refractivity contribution in [3.8, 4) is 10.4 Å². The second kappa shape index (κ2) is 7.26. The maximum absolute atomic E-state index is 12.9. The van der Waals surface area contributed by atoms with Gasteiger partial charge in [-0.3, -0.25) is 4.79 Å². The fourth-order valence-corrected chi connectivity index (χ4v) is 4.37. The average Bonchev–Trinajstić information content (AvgIpc) is 3.37. The molecule has 0 saturated heterocycles. The Morgan fingerprint density at radius 2 is 2.07 bits per heavy atom. The van der Waals surface area contributed by atoms with E-state index in [1.165, 1.54) is 35.7 Å². The summed E-state index contributed by atoms with van der Waals surface area (Å²) in [5.74, 6) is -0.462. The lowest BCUT2D eigenvalue weighted by Crippen LogP contribution is -2.17. The van der Waals surface area contributed by atoms with Gasteiger partial charge in [-0.05, 0) is 17.5 Å². The van der Waals surface area contributed by atoms with E-state index in [1.807, 2.05) is 22.9 Å². The van der Waals surface area contributed by atoms with Gasteiger partial charge in [-0.1, -0.05) is 24.3 Å². The molecule has 3 aromatic heterocycles. The van der Waals surface area contributed by atoms with Gasteiger partial charge >= 0.3 is 5.97 Å². The highest BCUT2D eigenvalue weighted by Gasteiger charge is 2.14. The summed E-state index contributed by atoms with van der Waals surface area (Å²) in [4.78, 5) is 30.8. The Kier molecular flexibility index (Phi) is 4.66. The zero-order valence-electron chi connectivity index (χ0n) is 14.2. The molecule has 27 heavy (non-hydrogen) atoms. The maximum Gasteiger partial charge on any atom is 0.338 e. The molecule has 3 heterocycles. The number of methoxy groups -OCH3 is 1. The van der Waals surface area contributed by atoms with Crippen LogP contribution >= 0.6 is 22.7 Å². The van der Waals surface area contributed by atoms with E-state index in [-0.39, 0.29) is 5.56 Å². The molecule has 0 aliphatic rings. The minimum Gasteiger partial charge on any atom is -0.465 e. The third kappa shape index (κ3) is 3.20. The molecule has 0 atom stereocenters. The Labute approximate surface area is 162 Å². The van der Waals surface area contributed by atoms with Gasteiger partial charge in [0.1, 0.15) is 11.2 Å². The zero-order valence-corrected chi connectivity index (χ0v) is 15.8. The van der Waals surface area contributed by atoms with Crippen LogP contribution in [0.15, 0.2) is 63.4 Å². The van der Waals surface area contributed by atoms with E-state index >= 15 is 0 Å². The van der Waals surface area contributed by atoms with Crippen LogP contribution in [-0.4, -0.2) is 29.0 Å². The van der Waals surface area contributed by atoms with E-state index in [2.05, 4.69) is 10.1 Å². The second-order valence-corrected chi connectivity index (χ2v) is 7.33. The van der Waals surface area contributed by atoms with Crippen LogP contribution < -0.4 is 5.56 Å². The summed E-state index contributed by atoms with van der Waals surface area (Å²) in [5.41, 5.74) is 1.54. The normalized spacial score (nSPS) is 11.3. The number of carbonyl (C=O) groups excluding carboxylic acids is 1. The summed E-state index contributed by atoms with van der Waals surface area (Å²) < 4.78 is 5.96. The molecule has 8 heteroatoms. The minimum absolute atomic E-state index is 0.253. The highest BCUT2D eigenvalue weighted by atomic mass is 32.1. The van der Waals surface area contributed by atoms with Crippen LogP contribution in [0.1, 0.15) is 15.9 Å². The SMILES string of the molecule is COC(=O)c1ccccc1/C=N\n1cnc2scc(-c3cccs3)c2c1=O. The van der Waals surface area contributed by atoms with E-state index in [0.29, 0.717) is 21.3 Å². The third-order valence-corrected chi connectivity index (χ3v) is 5.74. The maximum atomic E-state index is 12.9. The van der Waals surface area contributed by atoms with Gasteiger partial charge in [0, 0.05) is 21.4 Å². The smallest absolute Gasteiger partial charge is 0.338 e. The Morgan fingerprint density at radius 1 is 1.22 bits per heavy atom. The molecular weight excluding hydrogens is 382 g/mol. The molecule has 0 fully saturated rings. The Bertz CT molecular complexity index is 1210. The van der Waals surface area contributed by atoms with Gasteiger partial charge in [0.05, 0.1) is 24.3 Å². The molecule has 0 spiro atoms.